The summed E-state index contributed by atoms with van der Waals surface area (Å²) in [6.07, 6.45) is 8.80. The van der Waals surface area contributed by atoms with Gasteiger partial charge in [0, 0.05) is 36.6 Å². The van der Waals surface area contributed by atoms with E-state index < -0.39 is 0 Å². The van der Waals surface area contributed by atoms with Crippen LogP contribution in [0.1, 0.15) is 12.8 Å². The molecule has 0 aliphatic heterocycles. The van der Waals surface area contributed by atoms with Gasteiger partial charge in [0.15, 0.2) is 0 Å². The van der Waals surface area contributed by atoms with E-state index in [1.165, 1.54) is 47.7 Å². The third-order valence-electron chi connectivity index (χ3n) is 5.58. The minimum absolute atomic E-state index is 0.817. The highest BCUT2D eigenvalue weighted by Crippen LogP contribution is 2.43. The molecule has 1 aliphatic carbocycles. The third-order valence-corrected chi connectivity index (χ3v) is 6.78. The summed E-state index contributed by atoms with van der Waals surface area (Å²) in [6, 6.07) is 19.6. The summed E-state index contributed by atoms with van der Waals surface area (Å²) >= 11 is 1.88. The van der Waals surface area contributed by atoms with Gasteiger partial charge in [0.1, 0.15) is 7.85 Å². The van der Waals surface area contributed by atoms with Gasteiger partial charge in [-0.25, -0.2) is 0 Å². The highest BCUT2D eigenvalue weighted by atomic mass is 32.1. The van der Waals surface area contributed by atoms with Gasteiger partial charge >= 0.3 is 0 Å². The van der Waals surface area contributed by atoms with Crippen LogP contribution in [0.3, 0.4) is 0 Å². The fourth-order valence-electron chi connectivity index (χ4n) is 4.39. The minimum Gasteiger partial charge on any atom is -0.313 e. The highest BCUT2D eigenvalue weighted by molar-refractivity contribution is 7.26. The number of allylic oxidation sites excluding steroid dienone is 4. The molecule has 126 valence electrons. The van der Waals surface area contributed by atoms with Crippen molar-refractivity contribution in [2.45, 2.75) is 12.8 Å². The van der Waals surface area contributed by atoms with Crippen molar-refractivity contribution in [1.29, 1.82) is 0 Å². The Morgan fingerprint density at radius 2 is 1.78 bits per heavy atom. The Morgan fingerprint density at radius 1 is 0.889 bits per heavy atom. The standard InChI is InChI=1S/C24H16BNS/c25-15-10-12-20-19(14-15)23-21(26(20)16-6-2-1-3-7-16)13-11-18-17-8-4-5-9-22(17)27-24(18)23/h1-2,4-6,8-14H,3,7H2. The Bertz CT molecular complexity index is 1430. The lowest BCUT2D eigenvalue weighted by molar-refractivity contribution is 0.979. The second kappa shape index (κ2) is 5.61. The number of aromatic nitrogens is 1. The topological polar surface area (TPSA) is 4.93 Å². The molecule has 1 nitrogen and oxygen atoms in total. The first-order valence-electron chi connectivity index (χ1n) is 9.31. The van der Waals surface area contributed by atoms with Crippen molar-refractivity contribution < 1.29 is 0 Å². The van der Waals surface area contributed by atoms with E-state index >= 15 is 0 Å². The van der Waals surface area contributed by atoms with E-state index in [9.17, 15) is 0 Å². The molecule has 27 heavy (non-hydrogen) atoms. The molecule has 0 atom stereocenters. The molecule has 0 spiro atoms. The number of thiophene rings is 1. The molecule has 0 fully saturated rings. The van der Waals surface area contributed by atoms with E-state index in [1.54, 1.807) is 0 Å². The molecule has 6 rings (SSSR count). The van der Waals surface area contributed by atoms with Gasteiger partial charge in [-0.15, -0.1) is 11.3 Å². The minimum atomic E-state index is 0.817. The Hall–Kier alpha value is -2.78. The summed E-state index contributed by atoms with van der Waals surface area (Å²) in [6.45, 7) is 0. The lowest BCUT2D eigenvalue weighted by Crippen LogP contribution is -2.02. The van der Waals surface area contributed by atoms with Crippen molar-refractivity contribution in [3.05, 3.63) is 72.8 Å². The lowest BCUT2D eigenvalue weighted by Gasteiger charge is -2.14. The van der Waals surface area contributed by atoms with Crippen molar-refractivity contribution in [2.75, 3.05) is 0 Å². The van der Waals surface area contributed by atoms with Crippen molar-refractivity contribution in [3.63, 3.8) is 0 Å². The van der Waals surface area contributed by atoms with Crippen LogP contribution in [0.15, 0.2) is 72.8 Å². The molecule has 3 aromatic carbocycles. The summed E-state index contributed by atoms with van der Waals surface area (Å²) in [7, 11) is 6.19. The summed E-state index contributed by atoms with van der Waals surface area (Å²) in [5.41, 5.74) is 4.68. The summed E-state index contributed by atoms with van der Waals surface area (Å²) < 4.78 is 5.12. The largest absolute Gasteiger partial charge is 0.313 e. The van der Waals surface area contributed by atoms with Gasteiger partial charge in [-0.2, -0.15) is 0 Å². The van der Waals surface area contributed by atoms with Crippen LogP contribution in [0.4, 0.5) is 0 Å². The van der Waals surface area contributed by atoms with Gasteiger partial charge in [-0.05, 0) is 37.1 Å². The summed E-state index contributed by atoms with van der Waals surface area (Å²) in [4.78, 5) is 0. The van der Waals surface area contributed by atoms with E-state index in [0.29, 0.717) is 0 Å². The van der Waals surface area contributed by atoms with Crippen molar-refractivity contribution in [3.8, 4) is 0 Å². The smallest absolute Gasteiger partial charge is 0.113 e. The second-order valence-electron chi connectivity index (χ2n) is 7.17. The first-order valence-corrected chi connectivity index (χ1v) is 10.1. The third kappa shape index (κ3) is 2.12. The van der Waals surface area contributed by atoms with Crippen LogP contribution in [-0.4, -0.2) is 12.4 Å². The van der Waals surface area contributed by atoms with Crippen molar-refractivity contribution >= 4 is 72.3 Å². The molecule has 5 aromatic rings. The van der Waals surface area contributed by atoms with E-state index in [4.69, 9.17) is 7.85 Å². The van der Waals surface area contributed by atoms with Gasteiger partial charge in [0.2, 0.25) is 0 Å². The van der Waals surface area contributed by atoms with Crippen molar-refractivity contribution in [2.24, 2.45) is 0 Å². The molecule has 0 bridgehead atoms. The molecule has 0 unspecified atom stereocenters. The fraction of sp³-hybridized carbons (Fsp3) is 0.0833. The van der Waals surface area contributed by atoms with E-state index in [2.05, 4.69) is 71.3 Å². The SMILES string of the molecule is [B]c1ccc2c(c1)c1c3sc4ccccc4c3ccc1n2C1=CC=CCC1. The maximum atomic E-state index is 6.19. The maximum absolute atomic E-state index is 6.19. The number of hydrogen-bond donors (Lipinski definition) is 0. The van der Waals surface area contributed by atoms with Gasteiger partial charge in [-0.1, -0.05) is 54.0 Å². The first kappa shape index (κ1) is 15.3. The Morgan fingerprint density at radius 3 is 2.67 bits per heavy atom. The van der Waals surface area contributed by atoms with Crippen LogP contribution in [0.25, 0.3) is 47.7 Å². The molecular weight excluding hydrogens is 345 g/mol. The van der Waals surface area contributed by atoms with E-state index in [0.717, 1.165) is 18.3 Å². The van der Waals surface area contributed by atoms with Crippen LogP contribution in [0.2, 0.25) is 0 Å². The van der Waals surface area contributed by atoms with Crippen LogP contribution < -0.4 is 5.46 Å². The average molecular weight is 361 g/mol. The highest BCUT2D eigenvalue weighted by Gasteiger charge is 2.18. The van der Waals surface area contributed by atoms with E-state index in [-0.39, 0.29) is 0 Å². The van der Waals surface area contributed by atoms with Crippen LogP contribution >= 0.6 is 11.3 Å². The Kier molecular flexibility index (Phi) is 3.18. The molecular formula is C24H16BNS. The van der Waals surface area contributed by atoms with Gasteiger partial charge < -0.3 is 4.57 Å². The van der Waals surface area contributed by atoms with Gasteiger partial charge in [-0.3, -0.25) is 0 Å². The van der Waals surface area contributed by atoms with Crippen molar-refractivity contribution in [1.82, 2.24) is 4.57 Å². The quantitative estimate of drug-likeness (QED) is 0.316. The van der Waals surface area contributed by atoms with Gasteiger partial charge in [0.05, 0.1) is 11.0 Å². The zero-order valence-corrected chi connectivity index (χ0v) is 15.6. The number of hydrogen-bond acceptors (Lipinski definition) is 1. The van der Waals surface area contributed by atoms with Crippen LogP contribution in [0, 0.1) is 0 Å². The molecule has 1 aliphatic rings. The number of fused-ring (bicyclic) bond motifs is 7. The predicted molar refractivity (Wildman–Crippen MR) is 120 cm³/mol. The predicted octanol–water partition coefficient (Wildman–Crippen LogP) is 6.15. The summed E-state index contributed by atoms with van der Waals surface area (Å²) in [5.74, 6) is 0. The Labute approximate surface area is 162 Å². The maximum Gasteiger partial charge on any atom is 0.113 e. The lowest BCUT2D eigenvalue weighted by atomic mass is 9.94. The normalized spacial score (nSPS) is 14.6. The number of benzene rings is 3. The molecule has 0 N–H and O–H groups in total. The fourth-order valence-corrected chi connectivity index (χ4v) is 5.65. The van der Waals surface area contributed by atoms with E-state index in [1.807, 2.05) is 17.4 Å². The summed E-state index contributed by atoms with van der Waals surface area (Å²) in [5, 5.41) is 5.25. The molecule has 2 radical (unpaired) electrons. The molecule has 2 aromatic heterocycles. The zero-order chi connectivity index (χ0) is 18.0. The zero-order valence-electron chi connectivity index (χ0n) is 14.8. The van der Waals surface area contributed by atoms with Crippen LogP contribution in [0.5, 0.6) is 0 Å². The molecule has 0 saturated carbocycles. The molecule has 0 saturated heterocycles. The van der Waals surface area contributed by atoms with Gasteiger partial charge in [0.25, 0.3) is 0 Å². The Balaban J connectivity index is 1.86. The molecule has 2 heterocycles. The second-order valence-corrected chi connectivity index (χ2v) is 8.22. The van der Waals surface area contributed by atoms with Crippen LogP contribution in [-0.2, 0) is 0 Å². The first-order chi connectivity index (χ1) is 13.3. The number of nitrogens with zero attached hydrogens (tertiary/aromatic N) is 1. The average Bonchev–Trinajstić information content (AvgIpc) is 3.23. The number of rotatable bonds is 1. The molecule has 3 heteroatoms. The monoisotopic (exact) mass is 361 g/mol. The molecule has 0 amide bonds.